The lowest BCUT2D eigenvalue weighted by molar-refractivity contribution is 0.147. The molecule has 15 heavy (non-hydrogen) atoms. The number of rotatable bonds is 10. The van der Waals surface area contributed by atoms with Gasteiger partial charge in [-0.1, -0.05) is 65.7 Å². The van der Waals surface area contributed by atoms with Crippen LogP contribution in [0.5, 0.6) is 0 Å². The predicted octanol–water partition coefficient (Wildman–Crippen LogP) is 4.53. The van der Waals surface area contributed by atoms with E-state index in [1.807, 2.05) is 0 Å². The molecule has 0 saturated carbocycles. The second kappa shape index (κ2) is 10.5. The van der Waals surface area contributed by atoms with E-state index in [0.717, 1.165) is 18.8 Å². The lowest BCUT2D eigenvalue weighted by Crippen LogP contribution is -2.05. The quantitative estimate of drug-likeness (QED) is 0.530. The monoisotopic (exact) mass is 214 g/mol. The molecule has 0 aliphatic heterocycles. The van der Waals surface area contributed by atoms with Gasteiger partial charge in [-0.2, -0.15) is 0 Å². The first-order valence-corrected chi connectivity index (χ1v) is 6.84. The topological polar surface area (TPSA) is 20.2 Å². The minimum absolute atomic E-state index is 0.0319. The number of unbranched alkanes of at least 4 members (excludes halogenated alkanes) is 4. The first kappa shape index (κ1) is 15.0. The fraction of sp³-hybridized carbons (Fsp3) is 1.00. The molecule has 0 bridgehead atoms. The van der Waals surface area contributed by atoms with Gasteiger partial charge in [0.25, 0.3) is 0 Å². The highest BCUT2D eigenvalue weighted by atomic mass is 16.3. The summed E-state index contributed by atoms with van der Waals surface area (Å²) in [4.78, 5) is 0. The van der Waals surface area contributed by atoms with Crippen LogP contribution in [0, 0.1) is 5.92 Å². The van der Waals surface area contributed by atoms with E-state index in [1.54, 1.807) is 0 Å². The second-order valence-electron chi connectivity index (χ2n) is 5.18. The van der Waals surface area contributed by atoms with Crippen molar-refractivity contribution in [3.63, 3.8) is 0 Å². The molecular weight excluding hydrogens is 184 g/mol. The fourth-order valence-electron chi connectivity index (χ4n) is 1.88. The van der Waals surface area contributed by atoms with Crippen LogP contribution in [-0.4, -0.2) is 11.2 Å². The van der Waals surface area contributed by atoms with Gasteiger partial charge in [0.15, 0.2) is 0 Å². The number of hydrogen-bond donors (Lipinski definition) is 1. The first-order chi connectivity index (χ1) is 7.16. The van der Waals surface area contributed by atoms with Gasteiger partial charge in [-0.05, 0) is 18.8 Å². The third-order valence-corrected chi connectivity index (χ3v) is 2.96. The van der Waals surface area contributed by atoms with E-state index in [-0.39, 0.29) is 6.10 Å². The summed E-state index contributed by atoms with van der Waals surface area (Å²) in [6, 6.07) is 0. The molecule has 1 N–H and O–H groups in total. The molecule has 0 aromatic heterocycles. The van der Waals surface area contributed by atoms with Gasteiger partial charge in [-0.25, -0.2) is 0 Å². The highest BCUT2D eigenvalue weighted by Crippen LogP contribution is 2.13. The molecule has 0 saturated heterocycles. The molecular formula is C14H30O. The molecule has 0 aromatic carbocycles. The number of hydrogen-bond acceptors (Lipinski definition) is 1. The Labute approximate surface area is 96.3 Å². The summed E-state index contributed by atoms with van der Waals surface area (Å²) < 4.78 is 0. The standard InChI is InChI=1S/C14H30O/c1-4-5-7-11-14(15)12-9-6-8-10-13(2)3/h13-15H,4-12H2,1-3H3. The average Bonchev–Trinajstić information content (AvgIpc) is 2.17. The maximum atomic E-state index is 9.68. The van der Waals surface area contributed by atoms with Crippen LogP contribution in [0.2, 0.25) is 0 Å². The van der Waals surface area contributed by atoms with Crippen LogP contribution >= 0.6 is 0 Å². The van der Waals surface area contributed by atoms with E-state index in [1.165, 1.54) is 44.9 Å². The van der Waals surface area contributed by atoms with Crippen LogP contribution in [0.15, 0.2) is 0 Å². The SMILES string of the molecule is CCCCCC(O)CCCCCC(C)C. The van der Waals surface area contributed by atoms with Gasteiger partial charge in [-0.15, -0.1) is 0 Å². The van der Waals surface area contributed by atoms with Gasteiger partial charge in [0.05, 0.1) is 6.10 Å². The zero-order valence-electron chi connectivity index (χ0n) is 11.0. The highest BCUT2D eigenvalue weighted by molar-refractivity contribution is 4.57. The van der Waals surface area contributed by atoms with Gasteiger partial charge in [0, 0.05) is 0 Å². The molecule has 92 valence electrons. The Kier molecular flexibility index (Phi) is 10.4. The minimum atomic E-state index is -0.0319. The summed E-state index contributed by atoms with van der Waals surface area (Å²) in [5.41, 5.74) is 0. The molecule has 0 aliphatic rings. The Morgan fingerprint density at radius 3 is 1.87 bits per heavy atom. The van der Waals surface area contributed by atoms with Gasteiger partial charge in [0.1, 0.15) is 0 Å². The van der Waals surface area contributed by atoms with E-state index in [4.69, 9.17) is 0 Å². The Bertz CT molecular complexity index is 121. The highest BCUT2D eigenvalue weighted by Gasteiger charge is 2.03. The number of aliphatic hydroxyl groups is 1. The molecule has 0 spiro atoms. The fourth-order valence-corrected chi connectivity index (χ4v) is 1.88. The van der Waals surface area contributed by atoms with E-state index >= 15 is 0 Å². The minimum Gasteiger partial charge on any atom is -0.393 e. The first-order valence-electron chi connectivity index (χ1n) is 6.84. The van der Waals surface area contributed by atoms with Gasteiger partial charge < -0.3 is 5.11 Å². The third kappa shape index (κ3) is 11.9. The molecule has 0 rings (SSSR count). The molecule has 1 atom stereocenters. The van der Waals surface area contributed by atoms with Crippen LogP contribution in [0.25, 0.3) is 0 Å². The van der Waals surface area contributed by atoms with Crippen molar-refractivity contribution in [2.75, 3.05) is 0 Å². The summed E-state index contributed by atoms with van der Waals surface area (Å²) >= 11 is 0. The summed E-state index contributed by atoms with van der Waals surface area (Å²) in [6.45, 7) is 6.76. The molecule has 0 aromatic rings. The van der Waals surface area contributed by atoms with E-state index in [2.05, 4.69) is 20.8 Å². The van der Waals surface area contributed by atoms with Crippen molar-refractivity contribution < 1.29 is 5.11 Å². The van der Waals surface area contributed by atoms with Crippen molar-refractivity contribution >= 4 is 0 Å². The van der Waals surface area contributed by atoms with Gasteiger partial charge in [0.2, 0.25) is 0 Å². The van der Waals surface area contributed by atoms with Crippen LogP contribution in [0.4, 0.5) is 0 Å². The summed E-state index contributed by atoms with van der Waals surface area (Å²) in [5.74, 6) is 0.833. The normalized spacial score (nSPS) is 13.4. The van der Waals surface area contributed by atoms with Crippen molar-refractivity contribution in [1.29, 1.82) is 0 Å². The lowest BCUT2D eigenvalue weighted by atomic mass is 10.0. The third-order valence-electron chi connectivity index (χ3n) is 2.96. The van der Waals surface area contributed by atoms with Crippen molar-refractivity contribution in [3.8, 4) is 0 Å². The Balaban J connectivity index is 3.13. The molecule has 0 fully saturated rings. The molecule has 1 unspecified atom stereocenters. The molecule has 0 heterocycles. The van der Waals surface area contributed by atoms with E-state index in [9.17, 15) is 5.11 Å². The maximum absolute atomic E-state index is 9.68. The van der Waals surface area contributed by atoms with E-state index < -0.39 is 0 Å². The largest absolute Gasteiger partial charge is 0.393 e. The van der Waals surface area contributed by atoms with Crippen molar-refractivity contribution in [2.24, 2.45) is 5.92 Å². The van der Waals surface area contributed by atoms with Gasteiger partial charge in [-0.3, -0.25) is 0 Å². The molecule has 0 radical (unpaired) electrons. The number of aliphatic hydroxyl groups excluding tert-OH is 1. The Hall–Kier alpha value is -0.0400. The van der Waals surface area contributed by atoms with E-state index in [0.29, 0.717) is 0 Å². The Morgan fingerprint density at radius 1 is 0.800 bits per heavy atom. The maximum Gasteiger partial charge on any atom is 0.0540 e. The second-order valence-corrected chi connectivity index (χ2v) is 5.18. The molecule has 1 nitrogen and oxygen atoms in total. The molecule has 0 aliphatic carbocycles. The average molecular weight is 214 g/mol. The smallest absolute Gasteiger partial charge is 0.0540 e. The van der Waals surface area contributed by atoms with Crippen LogP contribution in [0.3, 0.4) is 0 Å². The molecule has 0 amide bonds. The zero-order valence-corrected chi connectivity index (χ0v) is 11.0. The van der Waals surface area contributed by atoms with Crippen LogP contribution in [0.1, 0.15) is 78.6 Å². The van der Waals surface area contributed by atoms with Crippen molar-refractivity contribution in [3.05, 3.63) is 0 Å². The van der Waals surface area contributed by atoms with Crippen LogP contribution in [-0.2, 0) is 0 Å². The van der Waals surface area contributed by atoms with Crippen molar-refractivity contribution in [1.82, 2.24) is 0 Å². The van der Waals surface area contributed by atoms with Gasteiger partial charge >= 0.3 is 0 Å². The molecule has 1 heteroatoms. The summed E-state index contributed by atoms with van der Waals surface area (Å²) in [6.07, 6.45) is 10.9. The predicted molar refractivity (Wildman–Crippen MR) is 68.1 cm³/mol. The lowest BCUT2D eigenvalue weighted by Gasteiger charge is -2.10. The van der Waals surface area contributed by atoms with Crippen molar-refractivity contribution in [2.45, 2.75) is 84.7 Å². The van der Waals surface area contributed by atoms with Crippen LogP contribution < -0.4 is 0 Å². The summed E-state index contributed by atoms with van der Waals surface area (Å²) in [7, 11) is 0. The summed E-state index contributed by atoms with van der Waals surface area (Å²) in [5, 5.41) is 9.68. The zero-order chi connectivity index (χ0) is 11.5. The Morgan fingerprint density at radius 2 is 1.33 bits per heavy atom.